The van der Waals surface area contributed by atoms with Crippen molar-refractivity contribution in [3.8, 4) is 0 Å². The Balaban J connectivity index is 2.67. The van der Waals surface area contributed by atoms with Crippen LogP contribution in [0.25, 0.3) is 0 Å². The zero-order valence-corrected chi connectivity index (χ0v) is 7.92. The fraction of sp³-hybridized carbons (Fsp3) is 0.750. The van der Waals surface area contributed by atoms with Gasteiger partial charge in [-0.25, -0.2) is 4.79 Å². The molecule has 0 saturated carbocycles. The van der Waals surface area contributed by atoms with Gasteiger partial charge in [-0.1, -0.05) is 46.4 Å². The Bertz CT molecular complexity index is 177. The molecule has 64 valence electrons. The first-order valence-corrected chi connectivity index (χ1v) is 4.06. The number of alkyl halides is 4. The molecule has 0 aromatic carbocycles. The van der Waals surface area contributed by atoms with E-state index in [2.05, 4.69) is 9.47 Å². The summed E-state index contributed by atoms with van der Waals surface area (Å²) >= 11 is 21.6. The summed E-state index contributed by atoms with van der Waals surface area (Å²) in [6.07, 6.45) is -1.98. The molecule has 7 heteroatoms. The van der Waals surface area contributed by atoms with Crippen LogP contribution < -0.4 is 0 Å². The average Bonchev–Trinajstić information content (AvgIpc) is 2.08. The van der Waals surface area contributed by atoms with Crippen LogP contribution >= 0.6 is 46.4 Å². The van der Waals surface area contributed by atoms with Gasteiger partial charge in [-0.2, -0.15) is 0 Å². The number of rotatable bonds is 0. The maximum Gasteiger partial charge on any atom is 0.510 e. The molecular formula is C4H2Cl4O3. The summed E-state index contributed by atoms with van der Waals surface area (Å²) in [6.45, 7) is 0. The molecule has 0 amide bonds. The van der Waals surface area contributed by atoms with Crippen LogP contribution in [0.4, 0.5) is 4.79 Å². The van der Waals surface area contributed by atoms with Crippen LogP contribution in [0.1, 0.15) is 0 Å². The summed E-state index contributed by atoms with van der Waals surface area (Å²) in [7, 11) is 0. The lowest BCUT2D eigenvalue weighted by molar-refractivity contribution is 0.118. The van der Waals surface area contributed by atoms with E-state index in [1.807, 2.05) is 0 Å². The smallest absolute Gasteiger partial charge is 0.421 e. The van der Waals surface area contributed by atoms with Crippen molar-refractivity contribution >= 4 is 52.6 Å². The maximum absolute atomic E-state index is 10.4. The van der Waals surface area contributed by atoms with Gasteiger partial charge in [0.2, 0.25) is 15.5 Å². The average molecular weight is 240 g/mol. The Kier molecular flexibility index (Phi) is 2.64. The molecule has 3 nitrogen and oxygen atoms in total. The van der Waals surface area contributed by atoms with Crippen LogP contribution in [-0.4, -0.2) is 21.6 Å². The number of halogens is 4. The Morgan fingerprint density at radius 3 is 2.00 bits per heavy atom. The first-order valence-electron chi connectivity index (χ1n) is 2.49. The van der Waals surface area contributed by atoms with Gasteiger partial charge in [0.1, 0.15) is 0 Å². The zero-order valence-electron chi connectivity index (χ0n) is 4.89. The standard InChI is InChI=1S/C4H2Cl4O3/c5-2-1(4(6,7)8)10-3(9)11-2/h1-2H/t1-,2-/m1/s1. The topological polar surface area (TPSA) is 35.5 Å². The molecular weight excluding hydrogens is 238 g/mol. The second-order valence-corrected chi connectivity index (χ2v) is 4.60. The van der Waals surface area contributed by atoms with Crippen molar-refractivity contribution in [3.63, 3.8) is 0 Å². The summed E-state index contributed by atoms with van der Waals surface area (Å²) in [5.74, 6) is 0. The highest BCUT2D eigenvalue weighted by molar-refractivity contribution is 6.68. The second kappa shape index (κ2) is 3.05. The third kappa shape index (κ3) is 2.18. The Labute approximate surface area is 82.4 Å². The Morgan fingerprint density at radius 1 is 1.27 bits per heavy atom. The Hall–Kier alpha value is 0.430. The lowest BCUT2D eigenvalue weighted by Crippen LogP contribution is -2.31. The van der Waals surface area contributed by atoms with Gasteiger partial charge in [0.15, 0.2) is 0 Å². The quantitative estimate of drug-likeness (QED) is 0.481. The molecule has 0 aromatic heterocycles. The number of ether oxygens (including phenoxy) is 2. The lowest BCUT2D eigenvalue weighted by Gasteiger charge is -2.17. The van der Waals surface area contributed by atoms with Gasteiger partial charge in [0, 0.05) is 0 Å². The molecule has 0 aliphatic carbocycles. The van der Waals surface area contributed by atoms with Gasteiger partial charge < -0.3 is 9.47 Å². The van der Waals surface area contributed by atoms with E-state index < -0.39 is 21.6 Å². The van der Waals surface area contributed by atoms with Crippen LogP contribution in [-0.2, 0) is 9.47 Å². The van der Waals surface area contributed by atoms with Crippen LogP contribution in [0.2, 0.25) is 0 Å². The third-order valence-electron chi connectivity index (χ3n) is 0.993. The molecule has 1 aliphatic rings. The predicted molar refractivity (Wildman–Crippen MR) is 41.3 cm³/mol. The highest BCUT2D eigenvalue weighted by Crippen LogP contribution is 2.38. The third-order valence-corrected chi connectivity index (χ3v) is 1.96. The molecule has 0 radical (unpaired) electrons. The zero-order chi connectivity index (χ0) is 8.65. The molecule has 1 heterocycles. The summed E-state index contributed by atoms with van der Waals surface area (Å²) in [5, 5.41) is 0. The fourth-order valence-corrected chi connectivity index (χ4v) is 1.54. The highest BCUT2D eigenvalue weighted by Gasteiger charge is 2.48. The number of cyclic esters (lactones) is 2. The highest BCUT2D eigenvalue weighted by atomic mass is 35.6. The molecule has 0 N–H and O–H groups in total. The number of carbonyl (C=O) groups excluding carboxylic acids is 1. The molecule has 1 aliphatic heterocycles. The predicted octanol–water partition coefficient (Wildman–Crippen LogP) is 2.46. The van der Waals surface area contributed by atoms with Crippen molar-refractivity contribution in [2.24, 2.45) is 0 Å². The maximum atomic E-state index is 10.4. The van der Waals surface area contributed by atoms with E-state index in [0.29, 0.717) is 0 Å². The minimum Gasteiger partial charge on any atom is -0.421 e. The Morgan fingerprint density at radius 2 is 1.82 bits per heavy atom. The van der Waals surface area contributed by atoms with Gasteiger partial charge in [-0.15, -0.1) is 0 Å². The van der Waals surface area contributed by atoms with Gasteiger partial charge in [0.05, 0.1) is 0 Å². The van der Waals surface area contributed by atoms with E-state index in [0.717, 1.165) is 0 Å². The lowest BCUT2D eigenvalue weighted by atomic mass is 10.4. The van der Waals surface area contributed by atoms with E-state index >= 15 is 0 Å². The van der Waals surface area contributed by atoms with E-state index in [1.54, 1.807) is 0 Å². The van der Waals surface area contributed by atoms with Gasteiger partial charge in [-0.3, -0.25) is 0 Å². The normalized spacial score (nSPS) is 31.5. The van der Waals surface area contributed by atoms with Crippen molar-refractivity contribution in [1.82, 2.24) is 0 Å². The van der Waals surface area contributed by atoms with Crippen molar-refractivity contribution < 1.29 is 14.3 Å². The number of hydrogen-bond acceptors (Lipinski definition) is 3. The van der Waals surface area contributed by atoms with Gasteiger partial charge >= 0.3 is 6.16 Å². The SMILES string of the molecule is O=C1O[C@@H](Cl)[C@H](C(Cl)(Cl)Cl)O1. The van der Waals surface area contributed by atoms with Gasteiger partial charge in [-0.05, 0) is 0 Å². The first-order chi connectivity index (χ1) is 4.91. The molecule has 1 fully saturated rings. The number of carbonyl (C=O) groups is 1. The van der Waals surface area contributed by atoms with E-state index in [-0.39, 0.29) is 0 Å². The van der Waals surface area contributed by atoms with Crippen molar-refractivity contribution in [1.29, 1.82) is 0 Å². The molecule has 1 rings (SSSR count). The van der Waals surface area contributed by atoms with Gasteiger partial charge in [0.25, 0.3) is 0 Å². The molecule has 2 atom stereocenters. The van der Waals surface area contributed by atoms with Crippen LogP contribution in [0.3, 0.4) is 0 Å². The van der Waals surface area contributed by atoms with E-state index in [9.17, 15) is 4.79 Å². The molecule has 0 unspecified atom stereocenters. The van der Waals surface area contributed by atoms with Crippen LogP contribution in [0.5, 0.6) is 0 Å². The number of hydrogen-bond donors (Lipinski definition) is 0. The monoisotopic (exact) mass is 238 g/mol. The summed E-state index contributed by atoms with van der Waals surface area (Å²) in [6, 6.07) is 0. The summed E-state index contributed by atoms with van der Waals surface area (Å²) in [4.78, 5) is 10.4. The van der Waals surface area contributed by atoms with Crippen LogP contribution in [0, 0.1) is 0 Å². The van der Waals surface area contributed by atoms with Crippen LogP contribution in [0.15, 0.2) is 0 Å². The molecule has 0 bridgehead atoms. The molecule has 11 heavy (non-hydrogen) atoms. The molecule has 0 spiro atoms. The minimum atomic E-state index is -1.75. The minimum absolute atomic E-state index is 0.929. The fourth-order valence-electron chi connectivity index (χ4n) is 0.554. The van der Waals surface area contributed by atoms with E-state index in [4.69, 9.17) is 46.4 Å². The first kappa shape index (κ1) is 9.52. The second-order valence-electron chi connectivity index (χ2n) is 1.80. The summed E-state index contributed by atoms with van der Waals surface area (Å²) < 4.78 is 7.05. The largest absolute Gasteiger partial charge is 0.510 e. The van der Waals surface area contributed by atoms with E-state index in [1.165, 1.54) is 0 Å². The van der Waals surface area contributed by atoms with Crippen molar-refractivity contribution in [2.75, 3.05) is 0 Å². The summed E-state index contributed by atoms with van der Waals surface area (Å²) in [5.41, 5.74) is -1.05. The molecule has 1 saturated heterocycles. The van der Waals surface area contributed by atoms with Crippen molar-refractivity contribution in [2.45, 2.75) is 15.5 Å². The molecule has 0 aromatic rings. The van der Waals surface area contributed by atoms with Crippen molar-refractivity contribution in [3.05, 3.63) is 0 Å².